The molecule has 0 unspecified atom stereocenters. The van der Waals surface area contributed by atoms with Gasteiger partial charge in [0.05, 0.1) is 0 Å². The van der Waals surface area contributed by atoms with Gasteiger partial charge in [0.15, 0.2) is 0 Å². The first-order valence-electron chi connectivity index (χ1n) is 9.58. The van der Waals surface area contributed by atoms with E-state index in [1.54, 1.807) is 0 Å². The van der Waals surface area contributed by atoms with Crippen LogP contribution in [0.3, 0.4) is 0 Å². The predicted molar refractivity (Wildman–Crippen MR) is 97.3 cm³/mol. The van der Waals surface area contributed by atoms with Gasteiger partial charge in [0, 0.05) is 19.1 Å². The van der Waals surface area contributed by atoms with Crippen LogP contribution in [0, 0.1) is 0 Å². The van der Waals surface area contributed by atoms with Gasteiger partial charge in [-0.3, -0.25) is 4.57 Å². The summed E-state index contributed by atoms with van der Waals surface area (Å²) in [5.74, 6) is 0. The van der Waals surface area contributed by atoms with Crippen LogP contribution >= 0.6 is 7.59 Å². The summed E-state index contributed by atoms with van der Waals surface area (Å²) in [5.41, 5.74) is 0. The van der Waals surface area contributed by atoms with E-state index in [-0.39, 0.29) is 0 Å². The van der Waals surface area contributed by atoms with Crippen molar-refractivity contribution in [3.8, 4) is 0 Å². The summed E-state index contributed by atoms with van der Waals surface area (Å²) in [4.78, 5) is 0. The summed E-state index contributed by atoms with van der Waals surface area (Å²) < 4.78 is 13.1. The highest BCUT2D eigenvalue weighted by atomic mass is 31.2. The molecule has 4 nitrogen and oxygen atoms in total. The number of unbranched alkanes of at least 4 members (excludes halogenated alkanes) is 6. The maximum Gasteiger partial charge on any atom is 0.279 e. The van der Waals surface area contributed by atoms with Crippen LogP contribution in [-0.4, -0.2) is 19.1 Å². The monoisotopic (exact) mass is 331 g/mol. The normalized spacial score (nSPS) is 16.5. The summed E-state index contributed by atoms with van der Waals surface area (Å²) in [7, 11) is -2.62. The van der Waals surface area contributed by atoms with Crippen molar-refractivity contribution in [3.05, 3.63) is 0 Å². The fourth-order valence-corrected chi connectivity index (χ4v) is 5.05. The van der Waals surface area contributed by atoms with E-state index in [1.807, 2.05) is 0 Å². The van der Waals surface area contributed by atoms with E-state index < -0.39 is 7.59 Å². The topological polar surface area (TPSA) is 53.2 Å². The van der Waals surface area contributed by atoms with Gasteiger partial charge >= 0.3 is 0 Å². The van der Waals surface area contributed by atoms with Crippen molar-refractivity contribution < 1.29 is 4.57 Å². The molecular formula is C17H38N3OP. The molecule has 132 valence electrons. The number of nitrogens with one attached hydrogen (secondary N) is 3. The third-order valence-corrected chi connectivity index (χ3v) is 6.52. The molecule has 0 radical (unpaired) electrons. The van der Waals surface area contributed by atoms with Gasteiger partial charge in [-0.1, -0.05) is 65.2 Å². The first kappa shape index (κ1) is 20.2. The SMILES string of the molecule is CCCCCCNP(=O)(NCCCCCC)NC1CCCC1. The zero-order valence-corrected chi connectivity index (χ0v) is 15.7. The maximum absolute atomic E-state index is 13.1. The molecule has 1 saturated carbocycles. The van der Waals surface area contributed by atoms with Crippen molar-refractivity contribution >= 4 is 7.59 Å². The molecule has 1 rings (SSSR count). The van der Waals surface area contributed by atoms with Crippen LogP contribution < -0.4 is 15.3 Å². The lowest BCUT2D eigenvalue weighted by Gasteiger charge is -2.25. The lowest BCUT2D eigenvalue weighted by molar-refractivity contribution is 0.511. The average Bonchev–Trinajstić information content (AvgIpc) is 2.99. The first-order chi connectivity index (χ1) is 10.7. The zero-order chi connectivity index (χ0) is 16.1. The van der Waals surface area contributed by atoms with Crippen LogP contribution in [0.25, 0.3) is 0 Å². The summed E-state index contributed by atoms with van der Waals surface area (Å²) in [6.45, 7) is 6.13. The molecule has 22 heavy (non-hydrogen) atoms. The molecule has 0 atom stereocenters. The molecule has 5 heteroatoms. The maximum atomic E-state index is 13.1. The van der Waals surface area contributed by atoms with E-state index in [0.29, 0.717) is 6.04 Å². The second-order valence-electron chi connectivity index (χ2n) is 6.66. The predicted octanol–water partition coefficient (Wildman–Crippen LogP) is 4.97. The Morgan fingerprint density at radius 1 is 0.818 bits per heavy atom. The van der Waals surface area contributed by atoms with E-state index in [9.17, 15) is 4.57 Å². The number of hydrogen-bond acceptors (Lipinski definition) is 1. The van der Waals surface area contributed by atoms with Crippen molar-refractivity contribution in [2.45, 2.75) is 96.9 Å². The number of rotatable bonds is 14. The molecule has 0 heterocycles. The van der Waals surface area contributed by atoms with Crippen molar-refractivity contribution in [1.29, 1.82) is 0 Å². The van der Waals surface area contributed by atoms with E-state index >= 15 is 0 Å². The van der Waals surface area contributed by atoms with Gasteiger partial charge in [-0.15, -0.1) is 0 Å². The highest BCUT2D eigenvalue weighted by Crippen LogP contribution is 2.34. The summed E-state index contributed by atoms with van der Waals surface area (Å²) in [6, 6.07) is 0.428. The Balaban J connectivity index is 2.31. The van der Waals surface area contributed by atoms with Gasteiger partial charge in [-0.25, -0.2) is 15.3 Å². The van der Waals surface area contributed by atoms with Crippen molar-refractivity contribution in [1.82, 2.24) is 15.3 Å². The minimum atomic E-state index is -2.62. The van der Waals surface area contributed by atoms with Gasteiger partial charge in [0.25, 0.3) is 7.59 Å². The molecule has 1 aliphatic rings. The third kappa shape index (κ3) is 9.29. The van der Waals surface area contributed by atoms with Crippen molar-refractivity contribution in [2.24, 2.45) is 0 Å². The van der Waals surface area contributed by atoms with E-state index in [4.69, 9.17) is 0 Å². The van der Waals surface area contributed by atoms with Crippen LogP contribution in [0.2, 0.25) is 0 Å². The highest BCUT2D eigenvalue weighted by molar-refractivity contribution is 7.57. The van der Waals surface area contributed by atoms with Gasteiger partial charge < -0.3 is 0 Å². The Morgan fingerprint density at radius 3 is 1.77 bits per heavy atom. The Bertz CT molecular complexity index is 288. The first-order valence-corrected chi connectivity index (χ1v) is 11.3. The molecule has 0 spiro atoms. The molecule has 1 aliphatic carbocycles. The molecular weight excluding hydrogens is 293 g/mol. The lowest BCUT2D eigenvalue weighted by atomic mass is 10.2. The largest absolute Gasteiger partial charge is 0.279 e. The third-order valence-electron chi connectivity index (χ3n) is 4.45. The Kier molecular flexibility index (Phi) is 11.5. The van der Waals surface area contributed by atoms with Crippen LogP contribution in [0.15, 0.2) is 0 Å². The number of hydrogen-bond donors (Lipinski definition) is 3. The molecule has 0 aliphatic heterocycles. The molecule has 0 aromatic carbocycles. The minimum Gasteiger partial charge on any atom is -0.271 e. The Hall–Kier alpha value is 0.110. The van der Waals surface area contributed by atoms with E-state index in [2.05, 4.69) is 29.1 Å². The van der Waals surface area contributed by atoms with Crippen LogP contribution in [0.4, 0.5) is 0 Å². The van der Waals surface area contributed by atoms with Gasteiger partial charge in [0.2, 0.25) is 0 Å². The molecule has 0 bridgehead atoms. The highest BCUT2D eigenvalue weighted by Gasteiger charge is 2.26. The van der Waals surface area contributed by atoms with Gasteiger partial charge in [-0.2, -0.15) is 0 Å². The van der Waals surface area contributed by atoms with E-state index in [0.717, 1.165) is 25.9 Å². The summed E-state index contributed by atoms with van der Waals surface area (Å²) in [6.07, 6.45) is 14.6. The molecule has 1 fully saturated rings. The van der Waals surface area contributed by atoms with Crippen LogP contribution in [0.5, 0.6) is 0 Å². The van der Waals surface area contributed by atoms with Crippen molar-refractivity contribution in [2.75, 3.05) is 13.1 Å². The minimum absolute atomic E-state index is 0.428. The van der Waals surface area contributed by atoms with Crippen molar-refractivity contribution in [3.63, 3.8) is 0 Å². The molecule has 3 N–H and O–H groups in total. The molecule has 0 aromatic heterocycles. The summed E-state index contributed by atoms with van der Waals surface area (Å²) in [5, 5.41) is 10.0. The van der Waals surface area contributed by atoms with Crippen LogP contribution in [0.1, 0.15) is 90.9 Å². The van der Waals surface area contributed by atoms with Gasteiger partial charge in [-0.05, 0) is 25.7 Å². The standard InChI is InChI=1S/C17H38N3OP/c1-3-5-7-11-15-18-22(21,19-16-12-8-6-4-2)20-17-13-9-10-14-17/h17H,3-16H2,1-2H3,(H3,18,19,20,21). The summed E-state index contributed by atoms with van der Waals surface area (Å²) >= 11 is 0. The van der Waals surface area contributed by atoms with E-state index in [1.165, 1.54) is 64.2 Å². The second-order valence-corrected chi connectivity index (χ2v) is 8.77. The smallest absolute Gasteiger partial charge is 0.271 e. The quantitative estimate of drug-likeness (QED) is 0.311. The lowest BCUT2D eigenvalue weighted by Crippen LogP contribution is -2.37. The Labute approximate surface area is 138 Å². The zero-order valence-electron chi connectivity index (χ0n) is 14.8. The Morgan fingerprint density at radius 2 is 1.32 bits per heavy atom. The fraction of sp³-hybridized carbons (Fsp3) is 1.00. The fourth-order valence-electron chi connectivity index (χ4n) is 3.04. The second kappa shape index (κ2) is 12.5. The van der Waals surface area contributed by atoms with Gasteiger partial charge in [0.1, 0.15) is 0 Å². The molecule has 0 amide bonds. The van der Waals surface area contributed by atoms with Crippen LogP contribution in [-0.2, 0) is 4.57 Å². The molecule has 0 aromatic rings. The average molecular weight is 331 g/mol. The molecule has 0 saturated heterocycles.